The average molecular weight is 350 g/mol. The van der Waals surface area contributed by atoms with Crippen LogP contribution in [0.15, 0.2) is 53.7 Å². The molecule has 0 bridgehead atoms. The van der Waals surface area contributed by atoms with Crippen molar-refractivity contribution in [2.24, 2.45) is 0 Å². The Balaban J connectivity index is 0.00000192. The van der Waals surface area contributed by atoms with Gasteiger partial charge in [0.05, 0.1) is 11.1 Å². The maximum Gasteiger partial charge on any atom is 0.241 e. The Hall–Kier alpha value is -1.56. The number of benzene rings is 1. The number of pyridine rings is 1. The molecule has 122 valence electrons. The average Bonchev–Trinajstić information content (AvgIpc) is 3.09. The molecule has 0 spiro atoms. The number of hydrogen-bond donors (Lipinski definition) is 2. The van der Waals surface area contributed by atoms with E-state index in [1.54, 1.807) is 18.0 Å². The molecule has 2 N–H and O–H groups in total. The van der Waals surface area contributed by atoms with Crippen LogP contribution in [0.2, 0.25) is 0 Å². The number of halogens is 1. The van der Waals surface area contributed by atoms with Crippen LogP contribution in [0.25, 0.3) is 0 Å². The Morgan fingerprint density at radius 3 is 2.96 bits per heavy atom. The molecule has 1 aliphatic rings. The lowest BCUT2D eigenvalue weighted by molar-refractivity contribution is -0.117. The van der Waals surface area contributed by atoms with Gasteiger partial charge in [-0.15, -0.1) is 24.2 Å². The number of aromatic nitrogens is 1. The molecular formula is C17H20ClN3OS. The van der Waals surface area contributed by atoms with Crippen LogP contribution >= 0.6 is 24.2 Å². The maximum atomic E-state index is 12.1. The molecule has 1 unspecified atom stereocenters. The number of amides is 1. The number of carbonyl (C=O) groups excluding carboxylic acids is 1. The quantitative estimate of drug-likeness (QED) is 0.811. The van der Waals surface area contributed by atoms with E-state index < -0.39 is 0 Å². The van der Waals surface area contributed by atoms with Crippen molar-refractivity contribution >= 4 is 35.8 Å². The molecule has 1 fully saturated rings. The smallest absolute Gasteiger partial charge is 0.241 e. The highest BCUT2D eigenvalue weighted by Gasteiger charge is 2.21. The van der Waals surface area contributed by atoms with Gasteiger partial charge in [0, 0.05) is 17.6 Å². The fraction of sp³-hybridized carbons (Fsp3) is 0.294. The number of anilines is 1. The molecule has 23 heavy (non-hydrogen) atoms. The predicted octanol–water partition coefficient (Wildman–Crippen LogP) is 3.49. The van der Waals surface area contributed by atoms with Crippen molar-refractivity contribution in [3.63, 3.8) is 0 Å². The first-order valence-electron chi connectivity index (χ1n) is 7.48. The van der Waals surface area contributed by atoms with Crippen molar-refractivity contribution in [3.8, 4) is 0 Å². The fourth-order valence-electron chi connectivity index (χ4n) is 2.47. The third-order valence-electron chi connectivity index (χ3n) is 3.60. The fourth-order valence-corrected chi connectivity index (χ4v) is 3.27. The van der Waals surface area contributed by atoms with E-state index in [0.29, 0.717) is 0 Å². The van der Waals surface area contributed by atoms with E-state index >= 15 is 0 Å². The van der Waals surface area contributed by atoms with Crippen molar-refractivity contribution in [1.29, 1.82) is 0 Å². The third kappa shape index (κ3) is 5.23. The minimum atomic E-state index is -0.0495. The molecule has 4 nitrogen and oxygen atoms in total. The van der Waals surface area contributed by atoms with Gasteiger partial charge in [-0.1, -0.05) is 18.2 Å². The molecule has 1 amide bonds. The van der Waals surface area contributed by atoms with Gasteiger partial charge in [-0.05, 0) is 49.2 Å². The van der Waals surface area contributed by atoms with Gasteiger partial charge in [-0.3, -0.25) is 4.79 Å². The molecule has 0 radical (unpaired) electrons. The van der Waals surface area contributed by atoms with Crippen molar-refractivity contribution < 1.29 is 4.79 Å². The second kappa shape index (κ2) is 8.91. The first kappa shape index (κ1) is 17.8. The van der Waals surface area contributed by atoms with E-state index in [0.717, 1.165) is 35.9 Å². The van der Waals surface area contributed by atoms with Gasteiger partial charge in [0.2, 0.25) is 5.91 Å². The zero-order valence-electron chi connectivity index (χ0n) is 12.7. The van der Waals surface area contributed by atoms with Crippen molar-refractivity contribution in [2.45, 2.75) is 29.7 Å². The van der Waals surface area contributed by atoms with Gasteiger partial charge < -0.3 is 10.6 Å². The van der Waals surface area contributed by atoms with Gasteiger partial charge >= 0.3 is 0 Å². The first-order chi connectivity index (χ1) is 10.8. The van der Waals surface area contributed by atoms with Gasteiger partial charge in [-0.25, -0.2) is 4.98 Å². The standard InChI is InChI=1S/C17H19N3OS.ClH/c21-17(15-7-4-10-18-15)20-14-6-3-5-13(11-14)12-22-16-8-1-2-9-19-16;/h1-3,5-6,8-9,11,15,18H,4,7,10,12H2,(H,20,21);1H. The second-order valence-electron chi connectivity index (χ2n) is 5.30. The topological polar surface area (TPSA) is 54.0 Å². The summed E-state index contributed by atoms with van der Waals surface area (Å²) >= 11 is 1.69. The number of rotatable bonds is 5. The van der Waals surface area contributed by atoms with Crippen LogP contribution in [-0.4, -0.2) is 23.5 Å². The monoisotopic (exact) mass is 349 g/mol. The molecule has 1 aromatic heterocycles. The van der Waals surface area contributed by atoms with Crippen molar-refractivity contribution in [1.82, 2.24) is 10.3 Å². The summed E-state index contributed by atoms with van der Waals surface area (Å²) in [5.74, 6) is 0.898. The number of carbonyl (C=O) groups is 1. The Kier molecular flexibility index (Phi) is 6.89. The molecule has 0 aliphatic carbocycles. The van der Waals surface area contributed by atoms with E-state index in [2.05, 4.69) is 21.7 Å². The lowest BCUT2D eigenvalue weighted by Gasteiger charge is -2.12. The summed E-state index contributed by atoms with van der Waals surface area (Å²) in [5, 5.41) is 7.22. The molecule has 3 rings (SSSR count). The van der Waals surface area contributed by atoms with E-state index in [4.69, 9.17) is 0 Å². The zero-order valence-corrected chi connectivity index (χ0v) is 14.3. The SMILES string of the molecule is Cl.O=C(Nc1cccc(CSc2ccccn2)c1)C1CCCN1. The highest BCUT2D eigenvalue weighted by molar-refractivity contribution is 7.98. The van der Waals surface area contributed by atoms with Gasteiger partial charge in [0.15, 0.2) is 0 Å². The second-order valence-corrected chi connectivity index (χ2v) is 6.29. The van der Waals surface area contributed by atoms with Crippen LogP contribution in [0.5, 0.6) is 0 Å². The highest BCUT2D eigenvalue weighted by Crippen LogP contribution is 2.22. The molecule has 1 aromatic carbocycles. The van der Waals surface area contributed by atoms with E-state index in [1.165, 1.54) is 5.56 Å². The van der Waals surface area contributed by atoms with Crippen molar-refractivity contribution in [3.05, 3.63) is 54.2 Å². The molecule has 1 atom stereocenters. The van der Waals surface area contributed by atoms with Crippen LogP contribution in [0, 0.1) is 0 Å². The van der Waals surface area contributed by atoms with Crippen LogP contribution in [0.4, 0.5) is 5.69 Å². The molecule has 1 saturated heterocycles. The summed E-state index contributed by atoms with van der Waals surface area (Å²) in [6.07, 6.45) is 3.79. The molecule has 6 heteroatoms. The minimum absolute atomic E-state index is 0. The summed E-state index contributed by atoms with van der Waals surface area (Å²) in [7, 11) is 0. The summed E-state index contributed by atoms with van der Waals surface area (Å²) in [5.41, 5.74) is 2.03. The number of nitrogens with zero attached hydrogens (tertiary/aromatic N) is 1. The van der Waals surface area contributed by atoms with Gasteiger partial charge in [0.25, 0.3) is 0 Å². The predicted molar refractivity (Wildman–Crippen MR) is 97.1 cm³/mol. The number of hydrogen-bond acceptors (Lipinski definition) is 4. The van der Waals surface area contributed by atoms with Crippen LogP contribution < -0.4 is 10.6 Å². The summed E-state index contributed by atoms with van der Waals surface area (Å²) < 4.78 is 0. The molecule has 1 aliphatic heterocycles. The molecule has 2 aromatic rings. The Labute approximate surface area is 146 Å². The normalized spacial score (nSPS) is 16.6. The zero-order chi connectivity index (χ0) is 15.2. The van der Waals surface area contributed by atoms with Crippen LogP contribution in [-0.2, 0) is 10.5 Å². The maximum absolute atomic E-state index is 12.1. The Morgan fingerprint density at radius 2 is 2.22 bits per heavy atom. The van der Waals surface area contributed by atoms with E-state index in [-0.39, 0.29) is 24.4 Å². The Morgan fingerprint density at radius 1 is 1.30 bits per heavy atom. The van der Waals surface area contributed by atoms with Crippen LogP contribution in [0.3, 0.4) is 0 Å². The largest absolute Gasteiger partial charge is 0.325 e. The van der Waals surface area contributed by atoms with Gasteiger partial charge in [0.1, 0.15) is 0 Å². The highest BCUT2D eigenvalue weighted by atomic mass is 35.5. The van der Waals surface area contributed by atoms with Gasteiger partial charge in [-0.2, -0.15) is 0 Å². The van der Waals surface area contributed by atoms with E-state index in [9.17, 15) is 4.79 Å². The molecule has 0 saturated carbocycles. The summed E-state index contributed by atoms with van der Waals surface area (Å²) in [6, 6.07) is 13.9. The van der Waals surface area contributed by atoms with Crippen molar-refractivity contribution in [2.75, 3.05) is 11.9 Å². The minimum Gasteiger partial charge on any atom is -0.325 e. The Bertz CT molecular complexity index is 633. The van der Waals surface area contributed by atoms with E-state index in [1.807, 2.05) is 36.4 Å². The number of thioether (sulfide) groups is 1. The third-order valence-corrected chi connectivity index (χ3v) is 4.61. The summed E-state index contributed by atoms with van der Waals surface area (Å²) in [6.45, 7) is 0.929. The molecule has 2 heterocycles. The van der Waals surface area contributed by atoms with Crippen LogP contribution in [0.1, 0.15) is 18.4 Å². The number of nitrogens with one attached hydrogen (secondary N) is 2. The summed E-state index contributed by atoms with van der Waals surface area (Å²) in [4.78, 5) is 16.4. The first-order valence-corrected chi connectivity index (χ1v) is 8.47. The lowest BCUT2D eigenvalue weighted by Crippen LogP contribution is -2.35. The lowest BCUT2D eigenvalue weighted by atomic mass is 10.2. The molecular weight excluding hydrogens is 330 g/mol.